The SMILES string of the molecule is C=CCOC(=O)[C@H](CCC(=O)C=[N+]=[N-])NC(=O)[C@@H](N)CCC(=O)C=[N+]=[N-]. The molecule has 2 atom stereocenters. The van der Waals surface area contributed by atoms with Crippen LogP contribution in [-0.2, 0) is 23.9 Å². The number of Topliss-reactive ketones (excluding diaryl/α,β-unsaturated/α-hetero) is 2. The number of amides is 1. The van der Waals surface area contributed by atoms with Crippen LogP contribution in [0.25, 0.3) is 11.1 Å². The van der Waals surface area contributed by atoms with Gasteiger partial charge >= 0.3 is 18.4 Å². The van der Waals surface area contributed by atoms with E-state index in [0.29, 0.717) is 12.4 Å². The fourth-order valence-electron chi connectivity index (χ4n) is 1.74. The molecule has 0 aromatic carbocycles. The average molecular weight is 364 g/mol. The van der Waals surface area contributed by atoms with Crippen molar-refractivity contribution >= 4 is 35.9 Å². The number of carbonyl (C=O) groups is 4. The minimum Gasteiger partial charge on any atom is -0.460 e. The standard InChI is InChI=1S/C15H20N6O5/c1-2-7-26-15(25)13(6-4-11(23)9-20-18)21-14(24)12(16)5-3-10(22)8-19-17/h2,8-9,12-13H,1,3-7,16H2,(H,21,24)/t12-,13-/m0/s1. The van der Waals surface area contributed by atoms with Gasteiger partial charge in [0.2, 0.25) is 17.5 Å². The van der Waals surface area contributed by atoms with Crippen molar-refractivity contribution < 1.29 is 33.5 Å². The average Bonchev–Trinajstić information content (AvgIpc) is 2.61. The summed E-state index contributed by atoms with van der Waals surface area (Å²) in [7, 11) is 0. The number of esters is 1. The summed E-state index contributed by atoms with van der Waals surface area (Å²) in [6.07, 6.45) is 2.24. The summed E-state index contributed by atoms with van der Waals surface area (Å²) < 4.78 is 4.85. The van der Waals surface area contributed by atoms with Crippen molar-refractivity contribution in [3.8, 4) is 0 Å². The Bertz CT molecular complexity index is 649. The van der Waals surface area contributed by atoms with E-state index in [1.165, 1.54) is 6.08 Å². The molecule has 0 fully saturated rings. The fourth-order valence-corrected chi connectivity index (χ4v) is 1.74. The molecule has 0 rings (SSSR count). The second-order valence-corrected chi connectivity index (χ2v) is 5.09. The zero-order valence-electron chi connectivity index (χ0n) is 14.0. The van der Waals surface area contributed by atoms with Crippen molar-refractivity contribution in [3.05, 3.63) is 23.7 Å². The maximum Gasteiger partial charge on any atom is 0.328 e. The first-order valence-corrected chi connectivity index (χ1v) is 7.59. The number of ether oxygens (including phenoxy) is 1. The Morgan fingerprint density at radius 1 is 1.08 bits per heavy atom. The van der Waals surface area contributed by atoms with Crippen LogP contribution >= 0.6 is 0 Å². The van der Waals surface area contributed by atoms with Crippen LogP contribution < -0.4 is 11.1 Å². The maximum atomic E-state index is 12.1. The van der Waals surface area contributed by atoms with Crippen LogP contribution in [0.5, 0.6) is 0 Å². The highest BCUT2D eigenvalue weighted by molar-refractivity contribution is 6.25. The number of hydrogen-bond acceptors (Lipinski definition) is 6. The Kier molecular flexibility index (Phi) is 11.4. The van der Waals surface area contributed by atoms with Gasteiger partial charge < -0.3 is 26.8 Å². The maximum absolute atomic E-state index is 12.1. The second-order valence-electron chi connectivity index (χ2n) is 5.09. The normalized spacial score (nSPS) is 11.7. The smallest absolute Gasteiger partial charge is 0.328 e. The molecule has 1 amide bonds. The number of hydrogen-bond donors (Lipinski definition) is 2. The van der Waals surface area contributed by atoms with Gasteiger partial charge in [0.05, 0.1) is 6.04 Å². The molecule has 0 heterocycles. The zero-order valence-corrected chi connectivity index (χ0v) is 14.0. The van der Waals surface area contributed by atoms with Crippen molar-refractivity contribution in [1.29, 1.82) is 0 Å². The highest BCUT2D eigenvalue weighted by Crippen LogP contribution is 2.03. The Morgan fingerprint density at radius 2 is 1.62 bits per heavy atom. The van der Waals surface area contributed by atoms with Gasteiger partial charge in [0.25, 0.3) is 0 Å². The summed E-state index contributed by atoms with van der Waals surface area (Å²) in [4.78, 5) is 51.7. The molecule has 0 aromatic heterocycles. The lowest BCUT2D eigenvalue weighted by molar-refractivity contribution is -0.147. The van der Waals surface area contributed by atoms with Crippen LogP contribution in [0, 0.1) is 0 Å². The lowest BCUT2D eigenvalue weighted by atomic mass is 10.1. The van der Waals surface area contributed by atoms with Crippen LogP contribution in [0.4, 0.5) is 0 Å². The first-order chi connectivity index (χ1) is 12.3. The molecule has 11 nitrogen and oxygen atoms in total. The van der Waals surface area contributed by atoms with Crippen molar-refractivity contribution in [2.45, 2.75) is 37.8 Å². The van der Waals surface area contributed by atoms with Crippen LogP contribution in [0.2, 0.25) is 0 Å². The first-order valence-electron chi connectivity index (χ1n) is 7.59. The van der Waals surface area contributed by atoms with Gasteiger partial charge in [-0.05, 0) is 12.8 Å². The molecule has 140 valence electrons. The molecule has 0 aromatic rings. The number of ketones is 2. The second kappa shape index (κ2) is 13.1. The molecule has 0 radical (unpaired) electrons. The van der Waals surface area contributed by atoms with E-state index in [1.807, 2.05) is 0 Å². The third-order valence-electron chi connectivity index (χ3n) is 3.07. The molecule has 0 saturated heterocycles. The number of rotatable bonds is 13. The summed E-state index contributed by atoms with van der Waals surface area (Å²) in [6, 6.07) is -2.25. The lowest BCUT2D eigenvalue weighted by Crippen LogP contribution is -2.49. The van der Waals surface area contributed by atoms with Crippen LogP contribution in [0.15, 0.2) is 12.7 Å². The monoisotopic (exact) mass is 364 g/mol. The summed E-state index contributed by atoms with van der Waals surface area (Å²) in [5, 5.41) is 2.35. The number of nitrogens with one attached hydrogen (secondary N) is 1. The highest BCUT2D eigenvalue weighted by atomic mass is 16.5. The van der Waals surface area contributed by atoms with Crippen LogP contribution in [0.1, 0.15) is 25.7 Å². The molecule has 0 unspecified atom stereocenters. The third-order valence-corrected chi connectivity index (χ3v) is 3.07. The van der Waals surface area contributed by atoms with Gasteiger partial charge in [-0.25, -0.2) is 4.79 Å². The molecule has 26 heavy (non-hydrogen) atoms. The molecule has 3 N–H and O–H groups in total. The topological polar surface area (TPSA) is 188 Å². The minimum absolute atomic E-state index is 0.0405. The summed E-state index contributed by atoms with van der Waals surface area (Å²) in [5.41, 5.74) is 22.2. The lowest BCUT2D eigenvalue weighted by Gasteiger charge is -2.19. The summed E-state index contributed by atoms with van der Waals surface area (Å²) >= 11 is 0. The van der Waals surface area contributed by atoms with Crippen LogP contribution in [0.3, 0.4) is 0 Å². The molecule has 0 saturated carbocycles. The number of carbonyl (C=O) groups excluding carboxylic acids is 4. The number of nitrogens with two attached hydrogens (primary N) is 1. The van der Waals surface area contributed by atoms with Crippen molar-refractivity contribution in [3.63, 3.8) is 0 Å². The molecule has 0 aliphatic rings. The summed E-state index contributed by atoms with van der Waals surface area (Å²) in [6.45, 7) is 3.31. The van der Waals surface area contributed by atoms with Gasteiger partial charge in [-0.1, -0.05) is 12.7 Å². The van der Waals surface area contributed by atoms with E-state index >= 15 is 0 Å². The van der Waals surface area contributed by atoms with Gasteiger partial charge in [-0.3, -0.25) is 14.4 Å². The van der Waals surface area contributed by atoms with Gasteiger partial charge in [-0.15, -0.1) is 0 Å². The Hall–Kier alpha value is -3.26. The molecule has 11 heteroatoms. The Morgan fingerprint density at radius 3 is 2.12 bits per heavy atom. The van der Waals surface area contributed by atoms with Crippen molar-refractivity contribution in [1.82, 2.24) is 5.32 Å². The first kappa shape index (κ1) is 22.7. The van der Waals surface area contributed by atoms with E-state index in [4.69, 9.17) is 21.5 Å². The van der Waals surface area contributed by atoms with E-state index in [9.17, 15) is 19.2 Å². The third kappa shape index (κ3) is 9.78. The molecular weight excluding hydrogens is 344 g/mol. The van der Waals surface area contributed by atoms with Crippen molar-refractivity contribution in [2.75, 3.05) is 6.61 Å². The Balaban J connectivity index is 4.82. The largest absolute Gasteiger partial charge is 0.460 e. The van der Waals surface area contributed by atoms with E-state index in [0.717, 1.165) is 0 Å². The quantitative estimate of drug-likeness (QED) is 0.136. The Labute approximate surface area is 149 Å². The highest BCUT2D eigenvalue weighted by Gasteiger charge is 2.26. The van der Waals surface area contributed by atoms with E-state index < -0.39 is 35.5 Å². The summed E-state index contributed by atoms with van der Waals surface area (Å²) in [5.74, 6) is -2.58. The molecule has 0 bridgehead atoms. The van der Waals surface area contributed by atoms with E-state index in [1.54, 1.807) is 0 Å². The molecule has 0 aliphatic heterocycles. The predicted octanol–water partition coefficient (Wildman–Crippen LogP) is -1.17. The van der Waals surface area contributed by atoms with Gasteiger partial charge in [-0.2, -0.15) is 9.58 Å². The zero-order chi connectivity index (χ0) is 19.9. The predicted molar refractivity (Wildman–Crippen MR) is 88.9 cm³/mol. The van der Waals surface area contributed by atoms with E-state index in [2.05, 4.69) is 21.5 Å². The van der Waals surface area contributed by atoms with Crippen LogP contribution in [-0.4, -0.2) is 64.1 Å². The van der Waals surface area contributed by atoms with Gasteiger partial charge in [0.1, 0.15) is 12.6 Å². The fraction of sp³-hybridized carbons (Fsp3) is 0.467. The minimum atomic E-state index is -1.15. The van der Waals surface area contributed by atoms with Gasteiger partial charge in [0, 0.05) is 12.8 Å². The molecular formula is C15H20N6O5. The van der Waals surface area contributed by atoms with Crippen molar-refractivity contribution in [2.24, 2.45) is 5.73 Å². The number of nitrogens with zero attached hydrogens (tertiary/aromatic N) is 4. The van der Waals surface area contributed by atoms with Gasteiger partial charge in [0.15, 0.2) is 0 Å². The molecule has 0 spiro atoms. The van der Waals surface area contributed by atoms with E-state index in [-0.39, 0.29) is 32.3 Å². The molecule has 0 aliphatic carbocycles.